The first-order valence-corrected chi connectivity index (χ1v) is 17.3. The van der Waals surface area contributed by atoms with Gasteiger partial charge in [-0.25, -0.2) is 17.1 Å². The summed E-state index contributed by atoms with van der Waals surface area (Å²) in [6, 6.07) is 9.59. The van der Waals surface area contributed by atoms with Crippen molar-refractivity contribution < 1.29 is 31.6 Å². The molecule has 1 fully saturated rings. The van der Waals surface area contributed by atoms with E-state index < -0.39 is 21.4 Å². The Morgan fingerprint density at radius 3 is 2.43 bits per heavy atom. The highest BCUT2D eigenvalue weighted by atomic mass is 32.2. The lowest BCUT2D eigenvalue weighted by atomic mass is 9.94. The largest absolute Gasteiger partial charge is 0.384 e. The number of hydrogen-bond donors (Lipinski definition) is 0. The normalized spacial score (nSPS) is 16.1. The van der Waals surface area contributed by atoms with E-state index in [-0.39, 0.29) is 29.9 Å². The van der Waals surface area contributed by atoms with Gasteiger partial charge < -0.3 is 14.0 Å². The number of aromatic nitrogens is 1. The Hall–Kier alpha value is -3.61. The highest BCUT2D eigenvalue weighted by molar-refractivity contribution is 7.93. The lowest BCUT2D eigenvalue weighted by molar-refractivity contribution is -0.131. The number of rotatable bonds is 14. The first-order valence-electron chi connectivity index (χ1n) is 15.8. The van der Waals surface area contributed by atoms with Gasteiger partial charge in [0, 0.05) is 37.3 Å². The summed E-state index contributed by atoms with van der Waals surface area (Å²) in [4.78, 5) is 20.3. The van der Waals surface area contributed by atoms with Crippen LogP contribution in [0.25, 0.3) is 11.1 Å². The van der Waals surface area contributed by atoms with Crippen LogP contribution in [0.3, 0.4) is 0 Å². The van der Waals surface area contributed by atoms with Crippen LogP contribution >= 0.6 is 0 Å². The van der Waals surface area contributed by atoms with Crippen molar-refractivity contribution in [2.75, 3.05) is 31.9 Å². The second-order valence-electron chi connectivity index (χ2n) is 12.1. The molecule has 248 valence electrons. The predicted molar refractivity (Wildman–Crippen MR) is 174 cm³/mol. The van der Waals surface area contributed by atoms with Crippen molar-refractivity contribution in [3.8, 4) is 11.1 Å². The average Bonchev–Trinajstić information content (AvgIpc) is 3.73. The van der Waals surface area contributed by atoms with Crippen LogP contribution in [0.2, 0.25) is 0 Å². The van der Waals surface area contributed by atoms with E-state index in [0.717, 1.165) is 48.7 Å². The Balaban J connectivity index is 1.57. The summed E-state index contributed by atoms with van der Waals surface area (Å²) in [5.41, 5.74) is 1.63. The molecule has 1 aliphatic heterocycles. The number of benzene rings is 2. The third-order valence-electron chi connectivity index (χ3n) is 9.02. The molecule has 0 radical (unpaired) electrons. The van der Waals surface area contributed by atoms with Crippen LogP contribution in [0.15, 0.2) is 50.8 Å². The number of carbonyl (C=O) groups excluding carboxylic acids is 1. The zero-order valence-electron chi connectivity index (χ0n) is 27.3. The van der Waals surface area contributed by atoms with Crippen molar-refractivity contribution in [2.45, 2.75) is 89.1 Å². The molecule has 2 heterocycles. The molecule has 0 saturated heterocycles. The molecule has 2 aliphatic rings. The van der Waals surface area contributed by atoms with E-state index in [4.69, 9.17) is 19.0 Å². The summed E-state index contributed by atoms with van der Waals surface area (Å²) in [7, 11) is -1.28. The Kier molecular flexibility index (Phi) is 10.3. The second-order valence-corrected chi connectivity index (χ2v) is 13.9. The molecule has 10 nitrogen and oxygen atoms in total. The molecule has 0 N–H and O–H groups in total. The van der Waals surface area contributed by atoms with Gasteiger partial charge in [0.05, 0.1) is 18.0 Å². The van der Waals surface area contributed by atoms with E-state index in [1.54, 1.807) is 50.1 Å². The zero-order chi connectivity index (χ0) is 33.1. The maximum atomic E-state index is 16.2. The van der Waals surface area contributed by atoms with Gasteiger partial charge in [0.15, 0.2) is 5.82 Å². The van der Waals surface area contributed by atoms with Crippen LogP contribution in [0.5, 0.6) is 0 Å². The van der Waals surface area contributed by atoms with E-state index in [1.807, 2.05) is 0 Å². The van der Waals surface area contributed by atoms with Gasteiger partial charge in [-0.1, -0.05) is 55.6 Å². The van der Waals surface area contributed by atoms with E-state index in [9.17, 15) is 13.2 Å². The van der Waals surface area contributed by atoms with Crippen molar-refractivity contribution in [1.29, 1.82) is 0 Å². The van der Waals surface area contributed by atoms with Gasteiger partial charge in [0.2, 0.25) is 0 Å². The van der Waals surface area contributed by atoms with Crippen LogP contribution < -0.4 is 4.31 Å². The van der Waals surface area contributed by atoms with Crippen molar-refractivity contribution >= 4 is 27.6 Å². The monoisotopic (exact) mass is 654 g/mol. The summed E-state index contributed by atoms with van der Waals surface area (Å²) in [5, 5.41) is 3.99. The van der Waals surface area contributed by atoms with Gasteiger partial charge in [0.25, 0.3) is 15.9 Å². The molecule has 0 bridgehead atoms. The first kappa shape index (κ1) is 33.7. The van der Waals surface area contributed by atoms with Gasteiger partial charge in [-0.15, -0.1) is 0 Å². The molecule has 3 aromatic rings. The van der Waals surface area contributed by atoms with Crippen LogP contribution in [0.4, 0.5) is 10.2 Å². The van der Waals surface area contributed by atoms with Gasteiger partial charge in [-0.3, -0.25) is 14.7 Å². The van der Waals surface area contributed by atoms with Crippen LogP contribution in [-0.2, 0) is 37.3 Å². The molecule has 0 unspecified atom stereocenters. The molecule has 2 aromatic carbocycles. The van der Waals surface area contributed by atoms with Crippen LogP contribution in [-0.4, -0.2) is 63.3 Å². The highest BCUT2D eigenvalue weighted by Gasteiger charge is 2.49. The number of carbonyl (C=O) groups is 1. The fourth-order valence-corrected chi connectivity index (χ4v) is 7.95. The van der Waals surface area contributed by atoms with E-state index in [2.05, 4.69) is 12.1 Å². The number of aliphatic imine (C=N–C) groups is 1. The lowest BCUT2D eigenvalue weighted by Crippen LogP contribution is -2.40. The first-order chi connectivity index (χ1) is 22.1. The van der Waals surface area contributed by atoms with Gasteiger partial charge in [0.1, 0.15) is 29.7 Å². The second kappa shape index (κ2) is 14.0. The summed E-state index contributed by atoms with van der Waals surface area (Å²) >= 11 is 0. The number of amidine groups is 1. The molecule has 1 aliphatic carbocycles. The van der Waals surface area contributed by atoms with Crippen molar-refractivity contribution in [1.82, 2.24) is 10.1 Å². The van der Waals surface area contributed by atoms with Gasteiger partial charge >= 0.3 is 0 Å². The van der Waals surface area contributed by atoms with E-state index in [0.29, 0.717) is 53.0 Å². The summed E-state index contributed by atoms with van der Waals surface area (Å²) in [6.45, 7) is 5.59. The quantitative estimate of drug-likeness (QED) is 0.187. The fourth-order valence-electron chi connectivity index (χ4n) is 6.36. The fraction of sp³-hybridized carbons (Fsp3) is 0.500. The Morgan fingerprint density at radius 2 is 1.78 bits per heavy atom. The molecule has 12 heteroatoms. The van der Waals surface area contributed by atoms with E-state index in [1.165, 1.54) is 19.2 Å². The third-order valence-corrected chi connectivity index (χ3v) is 10.8. The Morgan fingerprint density at radius 1 is 1.04 bits per heavy atom. The Bertz CT molecular complexity index is 1710. The number of halogens is 1. The molecule has 5 rings (SSSR count). The molecule has 1 amide bonds. The number of aryl methyl sites for hydroxylation is 1. The number of ether oxygens (including phenoxy) is 2. The number of nitrogens with zero attached hydrogens (tertiary/aromatic N) is 4. The van der Waals surface area contributed by atoms with Gasteiger partial charge in [-0.2, -0.15) is 0 Å². The summed E-state index contributed by atoms with van der Waals surface area (Å²) in [6.07, 6.45) is 6.24. The van der Waals surface area contributed by atoms with Crippen molar-refractivity contribution in [3.05, 3.63) is 64.7 Å². The predicted octanol–water partition coefficient (Wildman–Crippen LogP) is 6.33. The molecule has 0 atom stereocenters. The number of sulfonamides is 1. The number of methoxy groups -OCH3 is 2. The number of amides is 1. The minimum atomic E-state index is -4.26. The topological polar surface area (TPSA) is 115 Å². The van der Waals surface area contributed by atoms with Crippen LogP contribution in [0, 0.1) is 19.7 Å². The number of unbranched alkanes of at least 4 members (excludes halogenated alkanes) is 1. The molecule has 1 saturated carbocycles. The SMILES string of the molecule is CCCCC1=NC2(CCCC2)C(=O)N1Cc1cc(CCOC)c(-c2ccccc2S(=O)(=O)N(COC)c2noc(C)c2C)cc1F. The smallest absolute Gasteiger partial charge is 0.268 e. The summed E-state index contributed by atoms with van der Waals surface area (Å²) < 4.78 is 61.7. The molecule has 1 spiro atoms. The maximum absolute atomic E-state index is 16.2. The Labute approximate surface area is 270 Å². The molecular formula is C34H43FN4O6S. The van der Waals surface area contributed by atoms with Gasteiger partial charge in [-0.05, 0) is 62.8 Å². The maximum Gasteiger partial charge on any atom is 0.268 e. The minimum Gasteiger partial charge on any atom is -0.384 e. The van der Waals surface area contributed by atoms with Crippen molar-refractivity contribution in [3.63, 3.8) is 0 Å². The lowest BCUT2D eigenvalue weighted by Gasteiger charge is -2.25. The van der Waals surface area contributed by atoms with Crippen LogP contribution in [0.1, 0.15) is 74.3 Å². The van der Waals surface area contributed by atoms with Crippen molar-refractivity contribution in [2.24, 2.45) is 4.99 Å². The highest BCUT2D eigenvalue weighted by Crippen LogP contribution is 2.41. The zero-order valence-corrected chi connectivity index (χ0v) is 28.1. The number of anilines is 1. The molecular weight excluding hydrogens is 611 g/mol. The molecule has 46 heavy (non-hydrogen) atoms. The third kappa shape index (κ3) is 6.34. The van der Waals surface area contributed by atoms with E-state index >= 15 is 4.39 Å². The minimum absolute atomic E-state index is 0.0372. The average molecular weight is 655 g/mol. The summed E-state index contributed by atoms with van der Waals surface area (Å²) in [5.74, 6) is 0.744. The number of hydrogen-bond acceptors (Lipinski definition) is 8. The standard InChI is InChI=1S/C34H43FN4O6S/c1-6-7-14-31-36-34(16-10-11-17-34)33(40)38(31)21-26-19-25(15-18-43-4)28(20-29(26)35)27-12-8-9-13-30(27)46(41,42)39(22-44-5)32-23(2)24(3)45-37-32/h8-9,12-13,19-20H,6-7,10-11,14-18,21-22H2,1-5H3. The molecule has 1 aromatic heterocycles.